The van der Waals surface area contributed by atoms with Gasteiger partial charge in [-0.05, 0) is 74.7 Å². The molecule has 0 unspecified atom stereocenters. The second-order valence-corrected chi connectivity index (χ2v) is 12.8. The lowest BCUT2D eigenvalue weighted by atomic mass is 9.83. The normalized spacial score (nSPS) is 12.7. The molecule has 5 nitrogen and oxygen atoms in total. The molecule has 0 bridgehead atoms. The Labute approximate surface area is 222 Å². The zero-order chi connectivity index (χ0) is 26.5. The summed E-state index contributed by atoms with van der Waals surface area (Å²) in [5.74, 6) is 0.690. The summed E-state index contributed by atoms with van der Waals surface area (Å²) in [5, 5.41) is 11.6. The minimum absolute atomic E-state index is 0.274. The zero-order valence-corrected chi connectivity index (χ0v) is 23.1. The van der Waals surface area contributed by atoms with Gasteiger partial charge in [0.05, 0.1) is 20.6 Å². The fraction of sp³-hybridized carbons (Fsp3) is 0.250. The van der Waals surface area contributed by atoms with E-state index in [0.717, 1.165) is 22.4 Å². The third-order valence-corrected chi connectivity index (χ3v) is 8.19. The van der Waals surface area contributed by atoms with E-state index in [1.54, 1.807) is 38.1 Å². The van der Waals surface area contributed by atoms with Crippen LogP contribution in [-0.2, 0) is 20.9 Å². The summed E-state index contributed by atoms with van der Waals surface area (Å²) in [7, 11) is -3.31. The van der Waals surface area contributed by atoms with Crippen molar-refractivity contribution >= 4 is 33.0 Å². The first-order chi connectivity index (χ1) is 16.7. The van der Waals surface area contributed by atoms with Crippen LogP contribution in [0.1, 0.15) is 44.8 Å². The molecule has 4 aromatic rings. The van der Waals surface area contributed by atoms with E-state index in [1.807, 2.05) is 67.1 Å². The summed E-state index contributed by atoms with van der Waals surface area (Å²) in [5.41, 5.74) is 2.06. The van der Waals surface area contributed by atoms with Gasteiger partial charge >= 0.3 is 0 Å². The quantitative estimate of drug-likeness (QED) is 0.290. The van der Waals surface area contributed by atoms with Crippen LogP contribution in [-0.4, -0.2) is 29.3 Å². The Morgan fingerprint density at radius 2 is 1.53 bits per heavy atom. The van der Waals surface area contributed by atoms with Gasteiger partial charge in [-0.25, -0.2) is 13.4 Å². The average Bonchev–Trinajstić information content (AvgIpc) is 3.28. The number of hydrogen-bond acceptors (Lipinski definition) is 4. The SMILES string of the molecule is CC(C)(O)c1cn(-c2ccc(-c3cccc(S(C)(=O)=O)c3)cc2)c(C(C)(C)c2cccc(Cl)c2Cl)n1. The molecular weight excluding hydrogens is 515 g/mol. The predicted molar refractivity (Wildman–Crippen MR) is 146 cm³/mol. The molecule has 0 amide bonds. The monoisotopic (exact) mass is 542 g/mol. The Morgan fingerprint density at radius 3 is 2.14 bits per heavy atom. The van der Waals surface area contributed by atoms with Crippen molar-refractivity contribution in [1.29, 1.82) is 0 Å². The van der Waals surface area contributed by atoms with Crippen molar-refractivity contribution in [2.24, 2.45) is 0 Å². The van der Waals surface area contributed by atoms with Crippen LogP contribution in [0.4, 0.5) is 0 Å². The number of halogens is 2. The third-order valence-electron chi connectivity index (χ3n) is 6.26. The fourth-order valence-corrected chi connectivity index (χ4v) is 5.34. The fourth-order valence-electron chi connectivity index (χ4n) is 4.14. The zero-order valence-electron chi connectivity index (χ0n) is 20.8. The Hall–Kier alpha value is -2.64. The molecule has 0 aliphatic heterocycles. The maximum absolute atomic E-state index is 12.0. The number of nitrogens with zero attached hydrogens (tertiary/aromatic N) is 2. The van der Waals surface area contributed by atoms with Crippen LogP contribution in [0.3, 0.4) is 0 Å². The number of hydrogen-bond donors (Lipinski definition) is 1. The first kappa shape index (κ1) is 26.4. The molecule has 0 spiro atoms. The maximum atomic E-state index is 12.0. The van der Waals surface area contributed by atoms with Gasteiger partial charge in [-0.2, -0.15) is 0 Å². The number of benzene rings is 3. The number of aliphatic hydroxyl groups is 1. The molecule has 0 saturated heterocycles. The molecule has 0 radical (unpaired) electrons. The second-order valence-electron chi connectivity index (χ2n) is 9.95. The average molecular weight is 544 g/mol. The maximum Gasteiger partial charge on any atom is 0.175 e. The van der Waals surface area contributed by atoms with E-state index >= 15 is 0 Å². The van der Waals surface area contributed by atoms with Crippen molar-refractivity contribution in [1.82, 2.24) is 9.55 Å². The van der Waals surface area contributed by atoms with E-state index < -0.39 is 20.9 Å². The number of rotatable bonds is 6. The number of sulfone groups is 1. The molecule has 4 rings (SSSR count). The van der Waals surface area contributed by atoms with Crippen LogP contribution in [0, 0.1) is 0 Å². The van der Waals surface area contributed by atoms with Gasteiger partial charge in [-0.1, -0.05) is 59.6 Å². The lowest BCUT2D eigenvalue weighted by Gasteiger charge is -2.27. The van der Waals surface area contributed by atoms with Gasteiger partial charge in [0.2, 0.25) is 0 Å². The molecule has 36 heavy (non-hydrogen) atoms. The highest BCUT2D eigenvalue weighted by Gasteiger charge is 2.34. The topological polar surface area (TPSA) is 72.2 Å². The Bertz CT molecular complexity index is 1530. The van der Waals surface area contributed by atoms with Gasteiger partial charge in [0.1, 0.15) is 11.4 Å². The van der Waals surface area contributed by atoms with E-state index in [1.165, 1.54) is 6.26 Å². The summed E-state index contributed by atoms with van der Waals surface area (Å²) in [6.07, 6.45) is 3.03. The molecule has 0 aliphatic rings. The molecule has 1 heterocycles. The van der Waals surface area contributed by atoms with Gasteiger partial charge in [0.25, 0.3) is 0 Å². The molecule has 188 valence electrons. The summed E-state index contributed by atoms with van der Waals surface area (Å²) < 4.78 is 25.9. The van der Waals surface area contributed by atoms with Crippen LogP contribution in [0.2, 0.25) is 10.0 Å². The van der Waals surface area contributed by atoms with Crippen molar-refractivity contribution in [2.45, 2.75) is 43.6 Å². The highest BCUT2D eigenvalue weighted by molar-refractivity contribution is 7.90. The second kappa shape index (κ2) is 9.34. The summed E-state index contributed by atoms with van der Waals surface area (Å²) >= 11 is 12.9. The Kier molecular flexibility index (Phi) is 6.86. The molecular formula is C28H28Cl2N2O3S. The van der Waals surface area contributed by atoms with Crippen molar-refractivity contribution in [3.8, 4) is 16.8 Å². The van der Waals surface area contributed by atoms with E-state index in [-0.39, 0.29) is 4.90 Å². The molecule has 3 aromatic carbocycles. The van der Waals surface area contributed by atoms with Gasteiger partial charge in [-0.3, -0.25) is 0 Å². The third kappa shape index (κ3) is 5.09. The van der Waals surface area contributed by atoms with E-state index in [0.29, 0.717) is 21.6 Å². The lowest BCUT2D eigenvalue weighted by Crippen LogP contribution is -2.25. The van der Waals surface area contributed by atoms with Crippen LogP contribution in [0.5, 0.6) is 0 Å². The smallest absolute Gasteiger partial charge is 0.175 e. The van der Waals surface area contributed by atoms with Crippen LogP contribution >= 0.6 is 23.2 Å². The lowest BCUT2D eigenvalue weighted by molar-refractivity contribution is 0.0741. The largest absolute Gasteiger partial charge is 0.384 e. The van der Waals surface area contributed by atoms with Gasteiger partial charge < -0.3 is 9.67 Å². The summed E-state index contributed by atoms with van der Waals surface area (Å²) in [6, 6.07) is 20.2. The molecule has 1 N–H and O–H groups in total. The van der Waals surface area contributed by atoms with Crippen LogP contribution in [0.25, 0.3) is 16.8 Å². The summed E-state index contributed by atoms with van der Waals surface area (Å²) in [6.45, 7) is 7.42. The van der Waals surface area contributed by atoms with Gasteiger partial charge in [0.15, 0.2) is 9.84 Å². The van der Waals surface area contributed by atoms with Crippen molar-refractivity contribution in [3.05, 3.63) is 100 Å². The van der Waals surface area contributed by atoms with Crippen LogP contribution < -0.4 is 0 Å². The summed E-state index contributed by atoms with van der Waals surface area (Å²) in [4.78, 5) is 5.11. The first-order valence-electron chi connectivity index (χ1n) is 11.4. The predicted octanol–water partition coefficient (Wildman–Crippen LogP) is 6.80. The van der Waals surface area contributed by atoms with Crippen LogP contribution in [0.15, 0.2) is 77.8 Å². The van der Waals surface area contributed by atoms with Gasteiger partial charge in [0, 0.05) is 23.6 Å². The minimum Gasteiger partial charge on any atom is -0.384 e. The van der Waals surface area contributed by atoms with E-state index in [9.17, 15) is 13.5 Å². The molecule has 1 aromatic heterocycles. The van der Waals surface area contributed by atoms with Crippen molar-refractivity contribution in [2.75, 3.05) is 6.26 Å². The van der Waals surface area contributed by atoms with E-state index in [2.05, 4.69) is 0 Å². The van der Waals surface area contributed by atoms with Crippen molar-refractivity contribution in [3.63, 3.8) is 0 Å². The minimum atomic E-state index is -3.31. The highest BCUT2D eigenvalue weighted by Crippen LogP contribution is 2.40. The van der Waals surface area contributed by atoms with E-state index in [4.69, 9.17) is 28.2 Å². The molecule has 0 fully saturated rings. The Balaban J connectivity index is 1.83. The number of aromatic nitrogens is 2. The molecule has 0 atom stereocenters. The molecule has 8 heteroatoms. The first-order valence-corrected chi connectivity index (χ1v) is 14.0. The van der Waals surface area contributed by atoms with Gasteiger partial charge in [-0.15, -0.1) is 0 Å². The van der Waals surface area contributed by atoms with Crippen molar-refractivity contribution < 1.29 is 13.5 Å². The highest BCUT2D eigenvalue weighted by atomic mass is 35.5. The standard InChI is InChI=1S/C28H28Cl2N2O3S/c1-27(2,22-10-7-11-23(29)25(22)30)26-31-24(28(3,4)33)17-32(26)20-14-12-18(13-15-20)19-8-6-9-21(16-19)36(5,34)35/h6-17,33H,1-5H3. The Morgan fingerprint density at radius 1 is 0.889 bits per heavy atom. The number of imidazole rings is 1. The molecule has 0 saturated carbocycles. The molecule has 0 aliphatic carbocycles.